The van der Waals surface area contributed by atoms with Crippen LogP contribution < -0.4 is 0 Å². The third-order valence-corrected chi connectivity index (χ3v) is 3.26. The Morgan fingerprint density at radius 2 is 1.00 bits per heavy atom. The summed E-state index contributed by atoms with van der Waals surface area (Å²) in [7, 11) is 0. The minimum absolute atomic E-state index is 0.00364. The van der Waals surface area contributed by atoms with Gasteiger partial charge in [-0.1, -0.05) is 0 Å². The maximum atomic E-state index is 11.5. The molecule has 0 bridgehead atoms. The average molecular weight is 388 g/mol. The van der Waals surface area contributed by atoms with Crippen LogP contribution in [-0.4, -0.2) is 69.1 Å². The molecule has 12 nitrogen and oxygen atoms in total. The van der Waals surface area contributed by atoms with Gasteiger partial charge in [0.1, 0.15) is 0 Å². The normalized spacial score (nSPS) is 16.4. The van der Waals surface area contributed by atoms with Crippen molar-refractivity contribution in [3.05, 3.63) is 0 Å². The maximum Gasteiger partial charge on any atom is 0.333 e. The molecule has 0 radical (unpaired) electrons. The van der Waals surface area contributed by atoms with Crippen molar-refractivity contribution in [3.63, 3.8) is 0 Å². The molecular weight excluding hydrogens is 368 g/mol. The summed E-state index contributed by atoms with van der Waals surface area (Å²) in [6.07, 6.45) is -0.453. The maximum absolute atomic E-state index is 11.5. The van der Waals surface area contributed by atoms with Crippen molar-refractivity contribution in [1.29, 1.82) is 0 Å². The van der Waals surface area contributed by atoms with Gasteiger partial charge < -0.3 is 19.9 Å². The zero-order chi connectivity index (χ0) is 20.4. The molecule has 150 valence electrons. The molecule has 2 aliphatic rings. The van der Waals surface area contributed by atoms with Crippen molar-refractivity contribution in [2.24, 2.45) is 0 Å². The number of amides is 4. The number of carbonyl (C=O) groups is 6. The highest BCUT2D eigenvalue weighted by Crippen LogP contribution is 2.15. The number of aliphatic hydroxyl groups is 2. The lowest BCUT2D eigenvalue weighted by Crippen LogP contribution is -2.32. The third-order valence-electron chi connectivity index (χ3n) is 3.26. The predicted octanol–water partition coefficient (Wildman–Crippen LogP) is -1.66. The molecule has 2 aliphatic heterocycles. The van der Waals surface area contributed by atoms with E-state index in [1.54, 1.807) is 0 Å². The van der Waals surface area contributed by atoms with Crippen molar-refractivity contribution in [2.75, 3.05) is 13.2 Å². The van der Waals surface area contributed by atoms with Gasteiger partial charge in [0.25, 0.3) is 23.6 Å². The van der Waals surface area contributed by atoms with Crippen molar-refractivity contribution in [2.45, 2.75) is 44.9 Å². The molecule has 0 saturated carbocycles. The first-order chi connectivity index (χ1) is 12.8. The van der Waals surface area contributed by atoms with Crippen molar-refractivity contribution >= 4 is 35.6 Å². The summed E-state index contributed by atoms with van der Waals surface area (Å²) < 4.78 is 0. The van der Waals surface area contributed by atoms with Gasteiger partial charge in [0.15, 0.2) is 0 Å². The molecule has 0 aliphatic carbocycles. The van der Waals surface area contributed by atoms with Gasteiger partial charge in [-0.15, -0.1) is 10.1 Å². The Kier molecular flexibility index (Phi) is 9.02. The first kappa shape index (κ1) is 22.2. The second-order valence-corrected chi connectivity index (χ2v) is 5.39. The monoisotopic (exact) mass is 388 g/mol. The van der Waals surface area contributed by atoms with Gasteiger partial charge in [0.2, 0.25) is 0 Å². The van der Waals surface area contributed by atoms with Gasteiger partial charge >= 0.3 is 11.9 Å². The Hall–Kier alpha value is -2.86. The van der Waals surface area contributed by atoms with Crippen molar-refractivity contribution in [3.8, 4) is 0 Å². The molecule has 0 atom stereocenters. The zero-order valence-corrected chi connectivity index (χ0v) is 14.4. The first-order valence-electron chi connectivity index (χ1n) is 8.15. The van der Waals surface area contributed by atoms with E-state index in [1.165, 1.54) is 0 Å². The molecule has 2 rings (SSSR count). The van der Waals surface area contributed by atoms with E-state index in [4.69, 9.17) is 10.2 Å². The lowest BCUT2D eigenvalue weighted by molar-refractivity contribution is -0.199. The van der Waals surface area contributed by atoms with Gasteiger partial charge in [-0.2, -0.15) is 0 Å². The fourth-order valence-electron chi connectivity index (χ4n) is 1.99. The van der Waals surface area contributed by atoms with Gasteiger partial charge in [0, 0.05) is 38.5 Å². The number of rotatable bonds is 7. The van der Waals surface area contributed by atoms with Gasteiger partial charge in [-0.25, -0.2) is 9.59 Å². The van der Waals surface area contributed by atoms with Crippen molar-refractivity contribution in [1.82, 2.24) is 10.1 Å². The van der Waals surface area contributed by atoms with E-state index in [0.717, 1.165) is 0 Å². The highest BCUT2D eigenvalue weighted by Gasteiger charge is 2.34. The Morgan fingerprint density at radius 1 is 0.704 bits per heavy atom. The molecule has 2 N–H and O–H groups in total. The number of hydroxylamine groups is 4. The van der Waals surface area contributed by atoms with Crippen LogP contribution in [0.25, 0.3) is 0 Å². The zero-order valence-electron chi connectivity index (χ0n) is 14.4. The van der Waals surface area contributed by atoms with Crippen LogP contribution in [0.2, 0.25) is 0 Å². The molecule has 2 fully saturated rings. The van der Waals surface area contributed by atoms with E-state index in [0.29, 0.717) is 10.1 Å². The molecule has 0 aromatic heterocycles. The Morgan fingerprint density at radius 3 is 1.26 bits per heavy atom. The fourth-order valence-corrected chi connectivity index (χ4v) is 1.99. The van der Waals surface area contributed by atoms with Crippen LogP contribution in [0.1, 0.15) is 44.9 Å². The predicted molar refractivity (Wildman–Crippen MR) is 82.4 cm³/mol. The van der Waals surface area contributed by atoms with E-state index in [9.17, 15) is 28.8 Å². The highest BCUT2D eigenvalue weighted by molar-refractivity contribution is 6.02. The Balaban J connectivity index is 0.000000828. The largest absolute Gasteiger partial charge is 0.394 e. The van der Waals surface area contributed by atoms with Crippen LogP contribution in [0.4, 0.5) is 0 Å². The Labute approximate surface area is 153 Å². The van der Waals surface area contributed by atoms with Crippen LogP contribution in [0.5, 0.6) is 0 Å². The Bertz CT molecular complexity index is 534. The average Bonchev–Trinajstić information content (AvgIpc) is 3.12. The molecule has 0 spiro atoms. The SMILES string of the molecule is O=C(CCCC(=O)ON1C(=O)CCC1=O)ON1C(=O)CCC1=O.OCCO. The molecule has 2 saturated heterocycles. The second-order valence-electron chi connectivity index (χ2n) is 5.39. The van der Waals surface area contributed by atoms with E-state index in [-0.39, 0.29) is 58.2 Å². The van der Waals surface area contributed by atoms with E-state index in [2.05, 4.69) is 9.68 Å². The molecule has 0 aromatic carbocycles. The standard InChI is InChI=1S/C13H14N2O8.C2H6O2/c16-8-4-5-9(17)14(8)22-12(20)2-1-3-13(21)23-15-10(18)6-7-11(15)19;3-1-2-4/h1-7H2;3-4H,1-2H2. The highest BCUT2D eigenvalue weighted by atomic mass is 16.7. The summed E-state index contributed by atoms with van der Waals surface area (Å²) in [5.74, 6) is -4.03. The fraction of sp³-hybridized carbons (Fsp3) is 0.600. The van der Waals surface area contributed by atoms with Crippen molar-refractivity contribution < 1.29 is 48.7 Å². The molecule has 27 heavy (non-hydrogen) atoms. The van der Waals surface area contributed by atoms with Gasteiger partial charge in [-0.05, 0) is 6.42 Å². The first-order valence-corrected chi connectivity index (χ1v) is 8.15. The number of imide groups is 2. The summed E-state index contributed by atoms with van der Waals surface area (Å²) in [6.45, 7) is -0.250. The third kappa shape index (κ3) is 7.11. The van der Waals surface area contributed by atoms with E-state index in [1.807, 2.05) is 0 Å². The van der Waals surface area contributed by atoms with Crippen LogP contribution in [-0.2, 0) is 38.4 Å². The minimum atomic E-state index is -0.838. The molecule has 4 amide bonds. The topological polar surface area (TPSA) is 168 Å². The molecule has 12 heteroatoms. The number of hydrogen-bond donors (Lipinski definition) is 2. The summed E-state index contributed by atoms with van der Waals surface area (Å²) in [5, 5.41) is 16.1. The smallest absolute Gasteiger partial charge is 0.333 e. The lowest BCUT2D eigenvalue weighted by atomic mass is 10.2. The number of aliphatic hydroxyl groups excluding tert-OH is 2. The molecular formula is C15H20N2O10. The number of hydrogen-bond acceptors (Lipinski definition) is 10. The molecule has 0 aromatic rings. The molecule has 0 unspecified atom stereocenters. The second kappa shape index (κ2) is 11.0. The quantitative estimate of drug-likeness (QED) is 0.482. The summed E-state index contributed by atoms with van der Waals surface area (Å²) in [4.78, 5) is 77.1. The van der Waals surface area contributed by atoms with Crippen LogP contribution >= 0.6 is 0 Å². The summed E-state index contributed by atoms with van der Waals surface area (Å²) >= 11 is 0. The van der Waals surface area contributed by atoms with E-state index < -0.39 is 35.6 Å². The van der Waals surface area contributed by atoms with Crippen LogP contribution in [0.15, 0.2) is 0 Å². The van der Waals surface area contributed by atoms with Gasteiger partial charge in [-0.3, -0.25) is 19.2 Å². The van der Waals surface area contributed by atoms with E-state index >= 15 is 0 Å². The number of carbonyl (C=O) groups excluding carboxylic acids is 6. The summed E-state index contributed by atoms with van der Waals surface area (Å²) in [6, 6.07) is 0. The van der Waals surface area contributed by atoms with Crippen LogP contribution in [0, 0.1) is 0 Å². The van der Waals surface area contributed by atoms with Crippen LogP contribution in [0.3, 0.4) is 0 Å². The van der Waals surface area contributed by atoms with Gasteiger partial charge in [0.05, 0.1) is 13.2 Å². The molecule has 2 heterocycles. The summed E-state index contributed by atoms with van der Waals surface area (Å²) in [5.41, 5.74) is 0. The minimum Gasteiger partial charge on any atom is -0.394 e. The number of nitrogens with zero attached hydrogens (tertiary/aromatic N) is 2. The lowest BCUT2D eigenvalue weighted by Gasteiger charge is -2.13.